The summed E-state index contributed by atoms with van der Waals surface area (Å²) in [7, 11) is 1.44. The molecule has 0 amide bonds. The number of hydrogen-bond acceptors (Lipinski definition) is 6. The van der Waals surface area contributed by atoms with Crippen LogP contribution in [0.2, 0.25) is 0 Å². The first-order valence-electron chi connectivity index (χ1n) is 8.97. The number of carbonyl (C=O) groups is 1. The monoisotopic (exact) mass is 378 g/mol. The van der Waals surface area contributed by atoms with E-state index in [0.717, 1.165) is 0 Å². The Morgan fingerprint density at radius 2 is 1.96 bits per heavy atom. The number of nitriles is 1. The van der Waals surface area contributed by atoms with Crippen LogP contribution in [0.15, 0.2) is 60.4 Å². The number of benzene rings is 1. The molecule has 6 nitrogen and oxygen atoms in total. The third-order valence-corrected chi connectivity index (χ3v) is 4.93. The molecule has 1 heterocycles. The maximum atomic E-state index is 12.5. The zero-order valence-electron chi connectivity index (χ0n) is 16.1. The lowest BCUT2D eigenvalue weighted by molar-refractivity contribution is -0.147. The van der Waals surface area contributed by atoms with Crippen LogP contribution in [0.3, 0.4) is 0 Å². The summed E-state index contributed by atoms with van der Waals surface area (Å²) in [6.45, 7) is 4.00. The van der Waals surface area contributed by atoms with Crippen molar-refractivity contribution in [3.8, 4) is 17.7 Å². The second kappa shape index (κ2) is 8.13. The molecular formula is C22H22N2O4. The van der Waals surface area contributed by atoms with E-state index in [1.807, 2.05) is 50.2 Å². The van der Waals surface area contributed by atoms with Crippen molar-refractivity contribution in [1.29, 1.82) is 5.26 Å². The number of nitrogens with zero attached hydrogens (tertiary/aromatic N) is 2. The molecule has 6 heteroatoms. The van der Waals surface area contributed by atoms with Crippen LogP contribution in [0.4, 0.5) is 0 Å². The van der Waals surface area contributed by atoms with Crippen LogP contribution < -0.4 is 4.74 Å². The molecule has 0 unspecified atom stereocenters. The van der Waals surface area contributed by atoms with Crippen LogP contribution >= 0.6 is 0 Å². The molecule has 1 fully saturated rings. The molecule has 3 rings (SSSR count). The zero-order valence-corrected chi connectivity index (χ0v) is 16.1. The predicted molar refractivity (Wildman–Crippen MR) is 102 cm³/mol. The summed E-state index contributed by atoms with van der Waals surface area (Å²) in [6, 6.07) is 16.6. The van der Waals surface area contributed by atoms with Crippen molar-refractivity contribution in [2.45, 2.75) is 20.5 Å². The van der Waals surface area contributed by atoms with Gasteiger partial charge in [-0.3, -0.25) is 4.79 Å². The predicted octanol–water partition coefficient (Wildman–Crippen LogP) is 4.24. The van der Waals surface area contributed by atoms with E-state index in [9.17, 15) is 4.79 Å². The highest BCUT2D eigenvalue weighted by atomic mass is 16.5. The van der Waals surface area contributed by atoms with Gasteiger partial charge in [-0.25, -0.2) is 4.98 Å². The molecule has 0 bridgehead atoms. The lowest BCUT2D eigenvalue weighted by Crippen LogP contribution is -2.11. The third-order valence-electron chi connectivity index (χ3n) is 4.93. The average molecular weight is 378 g/mol. The van der Waals surface area contributed by atoms with E-state index in [1.54, 1.807) is 24.3 Å². The lowest BCUT2D eigenvalue weighted by Gasteiger charge is -2.08. The topological polar surface area (TPSA) is 81.4 Å². The highest BCUT2D eigenvalue weighted by Gasteiger charge is 2.61. The zero-order chi connectivity index (χ0) is 20.1. The molecule has 1 aromatic heterocycles. The number of ether oxygens (including phenoxy) is 3. The number of para-hydroxylation sites is 1. The Labute approximate surface area is 164 Å². The fourth-order valence-electron chi connectivity index (χ4n) is 3.19. The first-order valence-corrected chi connectivity index (χ1v) is 8.97. The summed E-state index contributed by atoms with van der Waals surface area (Å²) in [5.74, 6) is 0.623. The molecule has 1 aliphatic rings. The first-order chi connectivity index (χ1) is 13.5. The number of allylic oxidation sites excluding steroid dienone is 2. The van der Waals surface area contributed by atoms with Crippen molar-refractivity contribution in [2.75, 3.05) is 7.11 Å². The van der Waals surface area contributed by atoms with E-state index in [1.165, 1.54) is 7.11 Å². The molecule has 2 aromatic rings. The highest BCUT2D eigenvalue weighted by Crippen LogP contribution is 2.59. The molecule has 0 aliphatic heterocycles. The van der Waals surface area contributed by atoms with E-state index < -0.39 is 0 Å². The van der Waals surface area contributed by atoms with Gasteiger partial charge >= 0.3 is 5.97 Å². The second-order valence-corrected chi connectivity index (χ2v) is 7.16. The van der Waals surface area contributed by atoms with E-state index in [0.29, 0.717) is 17.3 Å². The van der Waals surface area contributed by atoms with Crippen LogP contribution in [0, 0.1) is 28.6 Å². The highest BCUT2D eigenvalue weighted by molar-refractivity contribution is 5.78. The standard InChI is InChI=1S/C22H22N2O4/c1-22(2)18(12-17(13-23)26-3)20(22)21(25)27-14-15-8-7-11-19(24-15)28-16-9-5-4-6-10-16/h4-12,18,20H,14H2,1-3H3/t18-,20-/m0/s1. The quantitative estimate of drug-likeness (QED) is 0.407. The van der Waals surface area contributed by atoms with Crippen molar-refractivity contribution < 1.29 is 19.0 Å². The number of esters is 1. The molecule has 0 radical (unpaired) electrons. The Bertz CT molecular complexity index is 916. The van der Waals surface area contributed by atoms with Gasteiger partial charge in [-0.15, -0.1) is 0 Å². The number of carbonyl (C=O) groups excluding carboxylic acids is 1. The van der Waals surface area contributed by atoms with Gasteiger partial charge in [-0.1, -0.05) is 38.1 Å². The second-order valence-electron chi connectivity index (χ2n) is 7.16. The summed E-state index contributed by atoms with van der Waals surface area (Å²) < 4.78 is 16.1. The SMILES string of the molecule is COC(C#N)=C[C@H]1[C@@H](C(=O)OCc2cccc(Oc3ccccc3)n2)C1(C)C. The Morgan fingerprint density at radius 1 is 1.21 bits per heavy atom. The molecule has 144 valence electrons. The minimum atomic E-state index is -0.310. The summed E-state index contributed by atoms with van der Waals surface area (Å²) in [4.78, 5) is 16.9. The number of methoxy groups -OCH3 is 1. The van der Waals surface area contributed by atoms with Crippen molar-refractivity contribution >= 4 is 5.97 Å². The number of pyridine rings is 1. The Balaban J connectivity index is 1.60. The Kier molecular flexibility index (Phi) is 5.65. The minimum absolute atomic E-state index is 0.0588. The van der Waals surface area contributed by atoms with Crippen molar-refractivity contribution in [1.82, 2.24) is 4.98 Å². The first kappa shape index (κ1) is 19.4. The normalized spacial score (nSPS) is 20.0. The molecule has 0 N–H and O–H groups in total. The molecule has 0 saturated heterocycles. The maximum absolute atomic E-state index is 12.5. The van der Waals surface area contributed by atoms with Gasteiger partial charge in [0.15, 0.2) is 5.76 Å². The van der Waals surface area contributed by atoms with Crippen molar-refractivity contribution in [2.24, 2.45) is 17.3 Å². The van der Waals surface area contributed by atoms with Crippen LogP contribution in [0.5, 0.6) is 11.6 Å². The third kappa shape index (κ3) is 4.32. The lowest BCUT2D eigenvalue weighted by atomic mass is 10.1. The number of aromatic nitrogens is 1. The van der Waals surface area contributed by atoms with Crippen LogP contribution in [-0.2, 0) is 20.9 Å². The molecule has 2 atom stereocenters. The molecule has 1 saturated carbocycles. The van der Waals surface area contributed by atoms with Gasteiger partial charge < -0.3 is 14.2 Å². The Hall–Kier alpha value is -3.33. The van der Waals surface area contributed by atoms with E-state index >= 15 is 0 Å². The molecule has 1 aliphatic carbocycles. The fourth-order valence-corrected chi connectivity index (χ4v) is 3.19. The van der Waals surface area contributed by atoms with E-state index in [2.05, 4.69) is 4.98 Å². The summed E-state index contributed by atoms with van der Waals surface area (Å²) in [6.07, 6.45) is 1.69. The van der Waals surface area contributed by atoms with E-state index in [4.69, 9.17) is 19.5 Å². The smallest absolute Gasteiger partial charge is 0.310 e. The fraction of sp³-hybridized carbons (Fsp3) is 0.318. The number of hydrogen-bond donors (Lipinski definition) is 0. The van der Waals surface area contributed by atoms with Gasteiger partial charge in [0.05, 0.1) is 18.7 Å². The van der Waals surface area contributed by atoms with Gasteiger partial charge in [0.2, 0.25) is 5.88 Å². The largest absolute Gasteiger partial charge is 0.487 e. The van der Waals surface area contributed by atoms with Crippen LogP contribution in [0.25, 0.3) is 0 Å². The van der Waals surface area contributed by atoms with Gasteiger partial charge in [-0.2, -0.15) is 5.26 Å². The number of rotatable bonds is 7. The van der Waals surface area contributed by atoms with E-state index in [-0.39, 0.29) is 35.6 Å². The van der Waals surface area contributed by atoms with Gasteiger partial charge in [0.1, 0.15) is 18.4 Å². The Morgan fingerprint density at radius 3 is 2.64 bits per heavy atom. The van der Waals surface area contributed by atoms with Crippen molar-refractivity contribution in [3.05, 3.63) is 66.1 Å². The van der Waals surface area contributed by atoms with Crippen molar-refractivity contribution in [3.63, 3.8) is 0 Å². The molecule has 28 heavy (non-hydrogen) atoms. The summed E-state index contributed by atoms with van der Waals surface area (Å²) in [5.41, 5.74) is 0.325. The molecule has 1 aromatic carbocycles. The minimum Gasteiger partial charge on any atom is -0.487 e. The average Bonchev–Trinajstić information content (AvgIpc) is 3.25. The van der Waals surface area contributed by atoms with Gasteiger partial charge in [0.25, 0.3) is 0 Å². The summed E-state index contributed by atoms with van der Waals surface area (Å²) >= 11 is 0. The maximum Gasteiger partial charge on any atom is 0.310 e. The summed E-state index contributed by atoms with van der Waals surface area (Å²) in [5, 5.41) is 9.00. The molecular weight excluding hydrogens is 356 g/mol. The van der Waals surface area contributed by atoms with Gasteiger partial charge in [-0.05, 0) is 29.7 Å². The van der Waals surface area contributed by atoms with Crippen LogP contribution in [0.1, 0.15) is 19.5 Å². The van der Waals surface area contributed by atoms with Gasteiger partial charge in [0, 0.05) is 12.0 Å². The van der Waals surface area contributed by atoms with Crippen LogP contribution in [-0.4, -0.2) is 18.1 Å². The molecule has 0 spiro atoms.